The van der Waals surface area contributed by atoms with Gasteiger partial charge < -0.3 is 15.2 Å². The quantitative estimate of drug-likeness (QED) is 0.427. The van der Waals surface area contributed by atoms with Crippen molar-refractivity contribution in [2.24, 2.45) is 0 Å². The van der Waals surface area contributed by atoms with Gasteiger partial charge in [-0.15, -0.1) is 0 Å². The number of rotatable bonds is 9. The summed E-state index contributed by atoms with van der Waals surface area (Å²) in [6.07, 6.45) is 3.45. The van der Waals surface area contributed by atoms with E-state index in [0.717, 1.165) is 17.4 Å². The van der Waals surface area contributed by atoms with Crippen LogP contribution in [0.2, 0.25) is 0 Å². The standard InChI is InChI=1S/C23H27N3O4/c1-3-12-26-22-18(10-6-11-25-22)20(21(24)23(26)28)16-8-5-9-17(15-16)29-13-7-14-30-19(27)4-2/h5-6,8-11,15H,3-4,7,12-14,24H2,1-2H3. The number of aryl methyl sites for hydroxylation is 1. The Balaban J connectivity index is 1.89. The van der Waals surface area contributed by atoms with E-state index in [-0.39, 0.29) is 17.2 Å². The predicted molar refractivity (Wildman–Crippen MR) is 118 cm³/mol. The molecule has 1 aromatic carbocycles. The molecule has 0 amide bonds. The number of carbonyl (C=O) groups excluding carboxylic acids is 1. The summed E-state index contributed by atoms with van der Waals surface area (Å²) in [5.41, 5.74) is 8.34. The molecule has 0 aliphatic carbocycles. The van der Waals surface area contributed by atoms with Crippen LogP contribution in [0.3, 0.4) is 0 Å². The van der Waals surface area contributed by atoms with Crippen molar-refractivity contribution < 1.29 is 14.3 Å². The summed E-state index contributed by atoms with van der Waals surface area (Å²) < 4.78 is 12.5. The van der Waals surface area contributed by atoms with Crippen molar-refractivity contribution in [1.82, 2.24) is 9.55 Å². The Morgan fingerprint density at radius 1 is 1.17 bits per heavy atom. The molecule has 0 aliphatic heterocycles. The van der Waals surface area contributed by atoms with Crippen molar-refractivity contribution in [3.05, 3.63) is 52.9 Å². The number of hydrogen-bond acceptors (Lipinski definition) is 6. The first kappa shape index (κ1) is 21.4. The van der Waals surface area contributed by atoms with Crippen molar-refractivity contribution in [1.29, 1.82) is 0 Å². The van der Waals surface area contributed by atoms with Crippen LogP contribution in [-0.4, -0.2) is 28.7 Å². The van der Waals surface area contributed by atoms with Gasteiger partial charge in [0.2, 0.25) is 0 Å². The van der Waals surface area contributed by atoms with Crippen molar-refractivity contribution in [3.63, 3.8) is 0 Å². The van der Waals surface area contributed by atoms with Gasteiger partial charge in [-0.05, 0) is 36.2 Å². The summed E-state index contributed by atoms with van der Waals surface area (Å²) in [5, 5.41) is 0.826. The molecule has 158 valence electrons. The minimum absolute atomic E-state index is 0.201. The van der Waals surface area contributed by atoms with Gasteiger partial charge in [0.25, 0.3) is 5.56 Å². The van der Waals surface area contributed by atoms with E-state index < -0.39 is 0 Å². The molecule has 0 saturated carbocycles. The zero-order valence-corrected chi connectivity index (χ0v) is 17.4. The van der Waals surface area contributed by atoms with E-state index in [1.54, 1.807) is 17.7 Å². The monoisotopic (exact) mass is 409 g/mol. The third-order valence-corrected chi connectivity index (χ3v) is 4.74. The number of nitrogen functional groups attached to an aromatic ring is 1. The fraction of sp³-hybridized carbons (Fsp3) is 0.348. The highest BCUT2D eigenvalue weighted by atomic mass is 16.5. The van der Waals surface area contributed by atoms with Gasteiger partial charge in [0.1, 0.15) is 17.1 Å². The third-order valence-electron chi connectivity index (χ3n) is 4.74. The second-order valence-electron chi connectivity index (χ2n) is 6.92. The van der Waals surface area contributed by atoms with Crippen LogP contribution in [0.15, 0.2) is 47.4 Å². The van der Waals surface area contributed by atoms with E-state index in [9.17, 15) is 9.59 Å². The molecule has 30 heavy (non-hydrogen) atoms. The molecule has 0 unspecified atom stereocenters. The number of carbonyl (C=O) groups is 1. The molecule has 2 heterocycles. The van der Waals surface area contributed by atoms with Gasteiger partial charge >= 0.3 is 5.97 Å². The molecule has 0 bridgehead atoms. The van der Waals surface area contributed by atoms with Crippen LogP contribution in [0.1, 0.15) is 33.1 Å². The number of esters is 1. The molecule has 7 heteroatoms. The van der Waals surface area contributed by atoms with Crippen LogP contribution < -0.4 is 16.0 Å². The number of nitrogens with two attached hydrogens (primary N) is 1. The Morgan fingerprint density at radius 3 is 2.77 bits per heavy atom. The molecule has 3 aromatic rings. The van der Waals surface area contributed by atoms with Gasteiger partial charge in [0.15, 0.2) is 0 Å². The molecule has 7 nitrogen and oxygen atoms in total. The van der Waals surface area contributed by atoms with E-state index in [1.165, 1.54) is 0 Å². The van der Waals surface area contributed by atoms with Crippen LogP contribution in [0.5, 0.6) is 5.75 Å². The Bertz CT molecular complexity index is 1090. The number of nitrogens with zero attached hydrogens (tertiary/aromatic N) is 2. The lowest BCUT2D eigenvalue weighted by atomic mass is 10.0. The van der Waals surface area contributed by atoms with Crippen LogP contribution in [-0.2, 0) is 16.1 Å². The summed E-state index contributed by atoms with van der Waals surface area (Å²) >= 11 is 0. The summed E-state index contributed by atoms with van der Waals surface area (Å²) in [7, 11) is 0. The Morgan fingerprint density at radius 2 is 2.00 bits per heavy atom. The average molecular weight is 409 g/mol. The lowest BCUT2D eigenvalue weighted by molar-refractivity contribution is -0.143. The van der Waals surface area contributed by atoms with Crippen molar-refractivity contribution >= 4 is 22.7 Å². The molecule has 0 atom stereocenters. The van der Waals surface area contributed by atoms with Crippen LogP contribution >= 0.6 is 0 Å². The highest BCUT2D eigenvalue weighted by molar-refractivity contribution is 5.99. The normalized spacial score (nSPS) is 10.9. The smallest absolute Gasteiger partial charge is 0.305 e. The van der Waals surface area contributed by atoms with Gasteiger partial charge in [-0.2, -0.15) is 0 Å². The summed E-state index contributed by atoms with van der Waals surface area (Å²) in [6, 6.07) is 11.2. The average Bonchev–Trinajstić information content (AvgIpc) is 2.77. The molecule has 0 fully saturated rings. The van der Waals surface area contributed by atoms with E-state index in [4.69, 9.17) is 15.2 Å². The van der Waals surface area contributed by atoms with E-state index in [1.807, 2.05) is 43.3 Å². The molecule has 2 N–H and O–H groups in total. The van der Waals surface area contributed by atoms with Gasteiger partial charge in [0, 0.05) is 36.5 Å². The fourth-order valence-corrected chi connectivity index (χ4v) is 3.32. The number of aromatic nitrogens is 2. The van der Waals surface area contributed by atoms with Crippen molar-refractivity contribution in [2.75, 3.05) is 18.9 Å². The van der Waals surface area contributed by atoms with Crippen LogP contribution in [0.25, 0.3) is 22.2 Å². The van der Waals surface area contributed by atoms with Gasteiger partial charge in [-0.3, -0.25) is 14.2 Å². The zero-order chi connectivity index (χ0) is 21.5. The topological polar surface area (TPSA) is 96.4 Å². The number of benzene rings is 1. The first-order valence-corrected chi connectivity index (χ1v) is 10.2. The minimum Gasteiger partial charge on any atom is -0.493 e. The molecular formula is C23H27N3O4. The molecule has 0 spiro atoms. The number of ether oxygens (including phenoxy) is 2. The molecular weight excluding hydrogens is 382 g/mol. The molecule has 0 radical (unpaired) electrons. The van der Waals surface area contributed by atoms with Gasteiger partial charge in [-0.25, -0.2) is 4.98 Å². The number of hydrogen-bond donors (Lipinski definition) is 1. The van der Waals surface area contributed by atoms with Crippen LogP contribution in [0, 0.1) is 0 Å². The Labute approximate surface area is 175 Å². The first-order valence-electron chi connectivity index (χ1n) is 10.2. The van der Waals surface area contributed by atoms with Gasteiger partial charge in [-0.1, -0.05) is 26.0 Å². The van der Waals surface area contributed by atoms with Gasteiger partial charge in [0.05, 0.1) is 13.2 Å². The molecule has 0 saturated heterocycles. The largest absolute Gasteiger partial charge is 0.493 e. The summed E-state index contributed by atoms with van der Waals surface area (Å²) in [5.74, 6) is 0.439. The molecule has 2 aromatic heterocycles. The summed E-state index contributed by atoms with van der Waals surface area (Å²) in [6.45, 7) is 5.06. The van der Waals surface area contributed by atoms with E-state index in [0.29, 0.717) is 49.6 Å². The highest BCUT2D eigenvalue weighted by Gasteiger charge is 2.17. The zero-order valence-electron chi connectivity index (χ0n) is 17.4. The second kappa shape index (κ2) is 9.91. The SMILES string of the molecule is CCCn1c(=O)c(N)c(-c2cccc(OCCCOC(=O)CC)c2)c2cccnc21. The number of pyridine rings is 2. The predicted octanol–water partition coefficient (Wildman–Crippen LogP) is 3.78. The van der Waals surface area contributed by atoms with E-state index in [2.05, 4.69) is 4.98 Å². The van der Waals surface area contributed by atoms with Crippen molar-refractivity contribution in [3.8, 4) is 16.9 Å². The fourth-order valence-electron chi connectivity index (χ4n) is 3.32. The summed E-state index contributed by atoms with van der Waals surface area (Å²) in [4.78, 5) is 28.5. The first-order chi connectivity index (χ1) is 14.6. The Hall–Kier alpha value is -3.35. The molecule has 3 rings (SSSR count). The minimum atomic E-state index is -0.234. The molecule has 0 aliphatic rings. The van der Waals surface area contributed by atoms with Crippen LogP contribution in [0.4, 0.5) is 5.69 Å². The lowest BCUT2D eigenvalue weighted by Crippen LogP contribution is -2.25. The Kier molecular flexibility index (Phi) is 7.06. The third kappa shape index (κ3) is 4.62. The maximum absolute atomic E-state index is 12.9. The lowest BCUT2D eigenvalue weighted by Gasteiger charge is -2.15. The second-order valence-corrected chi connectivity index (χ2v) is 6.92. The number of anilines is 1. The van der Waals surface area contributed by atoms with E-state index >= 15 is 0 Å². The van der Waals surface area contributed by atoms with Crippen molar-refractivity contribution in [2.45, 2.75) is 39.7 Å². The maximum Gasteiger partial charge on any atom is 0.305 e. The maximum atomic E-state index is 12.9. The highest BCUT2D eigenvalue weighted by Crippen LogP contribution is 2.33. The number of fused-ring (bicyclic) bond motifs is 1.